The molecule has 0 spiro atoms. The summed E-state index contributed by atoms with van der Waals surface area (Å²) in [7, 11) is -1.56. The van der Waals surface area contributed by atoms with E-state index in [1.54, 1.807) is 12.3 Å². The molecule has 0 aliphatic carbocycles. The van der Waals surface area contributed by atoms with Gasteiger partial charge in [0.15, 0.2) is 11.5 Å². The van der Waals surface area contributed by atoms with Crippen LogP contribution in [0.5, 0.6) is 0 Å². The maximum Gasteiger partial charge on any atom is 0.217 e. The molecule has 0 saturated carbocycles. The van der Waals surface area contributed by atoms with Gasteiger partial charge in [-0.1, -0.05) is 25.5 Å². The third-order valence-corrected chi connectivity index (χ3v) is 6.84. The molecular weight excluding hydrogens is 480 g/mol. The Hall–Kier alpha value is -3.15. The number of hydrogen-bond acceptors (Lipinski definition) is 6. The van der Waals surface area contributed by atoms with Crippen molar-refractivity contribution < 1.29 is 17.8 Å². The Morgan fingerprint density at radius 2 is 1.94 bits per heavy atom. The van der Waals surface area contributed by atoms with Crippen LogP contribution >= 0.6 is 11.9 Å². The molecule has 2 heterocycles. The zero-order valence-electron chi connectivity index (χ0n) is 18.1. The maximum absolute atomic E-state index is 15.2. The number of benzene rings is 2. The van der Waals surface area contributed by atoms with Crippen LogP contribution in [-0.4, -0.2) is 30.9 Å². The molecule has 1 unspecified atom stereocenters. The highest BCUT2D eigenvalue weighted by Crippen LogP contribution is 2.29. The second-order valence-corrected chi connectivity index (χ2v) is 9.46. The molecule has 0 amide bonds. The summed E-state index contributed by atoms with van der Waals surface area (Å²) in [6, 6.07) is 11.2. The third-order valence-electron chi connectivity index (χ3n) is 5.19. The highest BCUT2D eigenvalue weighted by Gasteiger charge is 2.26. The standard InChI is InChI=1S/C23H21F2N5O2S2/c1-2-3-10-34(32)30-18-9-8-17(24)19(20(18)25)22(31)21-16-11-14(12-27-23(16)29-28-21)13-4-6-15(33-26)7-5-13/h4-9,11-12,30H,2-3,10,26H2,1H3,(H,27,28,29). The zero-order valence-corrected chi connectivity index (χ0v) is 19.7. The number of anilines is 1. The Bertz CT molecular complexity index is 1380. The molecule has 0 bridgehead atoms. The summed E-state index contributed by atoms with van der Waals surface area (Å²) >= 11 is 1.12. The van der Waals surface area contributed by atoms with Crippen LogP contribution in [-0.2, 0) is 11.0 Å². The van der Waals surface area contributed by atoms with Gasteiger partial charge in [-0.2, -0.15) is 5.10 Å². The van der Waals surface area contributed by atoms with Crippen molar-refractivity contribution in [3.8, 4) is 11.1 Å². The zero-order chi connectivity index (χ0) is 24.2. The Balaban J connectivity index is 1.71. The fraction of sp³-hybridized carbons (Fsp3) is 0.174. The van der Waals surface area contributed by atoms with Gasteiger partial charge in [-0.05, 0) is 54.3 Å². The summed E-state index contributed by atoms with van der Waals surface area (Å²) in [6.45, 7) is 1.94. The number of unbranched alkanes of at least 4 members (excludes halogenated alkanes) is 1. The molecule has 0 saturated heterocycles. The van der Waals surface area contributed by atoms with Gasteiger partial charge in [0.25, 0.3) is 0 Å². The van der Waals surface area contributed by atoms with Gasteiger partial charge in [-0.25, -0.2) is 18.0 Å². The Labute approximate surface area is 201 Å². The van der Waals surface area contributed by atoms with Crippen LogP contribution in [0.4, 0.5) is 14.5 Å². The van der Waals surface area contributed by atoms with Crippen molar-refractivity contribution in [2.24, 2.45) is 5.14 Å². The first-order valence-corrected chi connectivity index (χ1v) is 12.6. The van der Waals surface area contributed by atoms with Gasteiger partial charge in [0, 0.05) is 22.4 Å². The third kappa shape index (κ3) is 4.86. The van der Waals surface area contributed by atoms with Gasteiger partial charge in [-0.15, -0.1) is 0 Å². The molecule has 0 aliphatic heterocycles. The van der Waals surface area contributed by atoms with Crippen LogP contribution < -0.4 is 9.86 Å². The van der Waals surface area contributed by atoms with Crippen LogP contribution in [0, 0.1) is 11.6 Å². The van der Waals surface area contributed by atoms with Crippen molar-refractivity contribution in [2.45, 2.75) is 24.7 Å². The summed E-state index contributed by atoms with van der Waals surface area (Å²) in [5.74, 6) is -2.76. The van der Waals surface area contributed by atoms with Gasteiger partial charge >= 0.3 is 0 Å². The molecule has 34 heavy (non-hydrogen) atoms. The minimum atomic E-state index is -1.56. The van der Waals surface area contributed by atoms with Crippen LogP contribution in [0.3, 0.4) is 0 Å². The van der Waals surface area contributed by atoms with E-state index in [1.807, 2.05) is 31.2 Å². The van der Waals surface area contributed by atoms with E-state index in [4.69, 9.17) is 5.14 Å². The number of fused-ring (bicyclic) bond motifs is 1. The number of hydrogen-bond donors (Lipinski definition) is 3. The molecule has 4 aromatic rings. The predicted octanol–water partition coefficient (Wildman–Crippen LogP) is 4.98. The lowest BCUT2D eigenvalue weighted by Gasteiger charge is -2.10. The molecule has 176 valence electrons. The van der Waals surface area contributed by atoms with E-state index in [9.17, 15) is 13.4 Å². The number of rotatable bonds is 9. The summed E-state index contributed by atoms with van der Waals surface area (Å²) in [4.78, 5) is 18.3. The molecule has 2 aromatic carbocycles. The van der Waals surface area contributed by atoms with Crippen LogP contribution in [0.25, 0.3) is 22.2 Å². The number of aromatic nitrogens is 3. The number of nitrogens with zero attached hydrogens (tertiary/aromatic N) is 2. The normalized spacial score (nSPS) is 12.1. The van der Waals surface area contributed by atoms with Crippen LogP contribution in [0.2, 0.25) is 0 Å². The summed E-state index contributed by atoms with van der Waals surface area (Å²) in [5, 5.41) is 12.4. The Kier molecular flexibility index (Phi) is 7.35. The summed E-state index contributed by atoms with van der Waals surface area (Å²) < 4.78 is 44.4. The van der Waals surface area contributed by atoms with Gasteiger partial charge in [-0.3, -0.25) is 15.0 Å². The van der Waals surface area contributed by atoms with Crippen LogP contribution in [0.15, 0.2) is 53.6 Å². The molecule has 0 radical (unpaired) electrons. The number of H-pyrrole nitrogens is 1. The van der Waals surface area contributed by atoms with Gasteiger partial charge in [0.05, 0.1) is 16.6 Å². The SMILES string of the molecule is CCCCS(=O)Nc1ccc(F)c(C(=O)c2[nH]nc3ncc(-c4ccc(SN)cc4)cc23)c1F. The van der Waals surface area contributed by atoms with E-state index in [0.717, 1.165) is 41.0 Å². The van der Waals surface area contributed by atoms with Gasteiger partial charge < -0.3 is 4.72 Å². The number of halogens is 2. The number of nitrogens with one attached hydrogen (secondary N) is 2. The summed E-state index contributed by atoms with van der Waals surface area (Å²) in [6.07, 6.45) is 3.10. The number of pyridine rings is 1. The number of nitrogens with two attached hydrogens (primary N) is 1. The lowest BCUT2D eigenvalue weighted by molar-refractivity contribution is 0.102. The number of carbonyl (C=O) groups excluding carboxylic acids is 1. The first-order valence-electron chi connectivity index (χ1n) is 10.4. The molecule has 11 heteroatoms. The largest absolute Gasteiger partial charge is 0.302 e. The van der Waals surface area contributed by atoms with Crippen LogP contribution in [0.1, 0.15) is 35.8 Å². The van der Waals surface area contributed by atoms with E-state index in [0.29, 0.717) is 23.1 Å². The van der Waals surface area contributed by atoms with Crippen molar-refractivity contribution in [3.05, 3.63) is 71.6 Å². The average Bonchev–Trinajstić information content (AvgIpc) is 3.28. The molecule has 1 atom stereocenters. The smallest absolute Gasteiger partial charge is 0.217 e. The minimum absolute atomic E-state index is 0.0967. The van der Waals surface area contributed by atoms with E-state index in [-0.39, 0.29) is 17.0 Å². The molecule has 4 N–H and O–H groups in total. The highest BCUT2D eigenvalue weighted by atomic mass is 32.2. The Morgan fingerprint density at radius 1 is 1.18 bits per heavy atom. The van der Waals surface area contributed by atoms with Crippen molar-refractivity contribution in [2.75, 3.05) is 10.5 Å². The fourth-order valence-electron chi connectivity index (χ4n) is 3.37. The molecule has 7 nitrogen and oxygen atoms in total. The lowest BCUT2D eigenvalue weighted by atomic mass is 10.0. The average molecular weight is 502 g/mol. The maximum atomic E-state index is 15.2. The van der Waals surface area contributed by atoms with Crippen molar-refractivity contribution in [1.29, 1.82) is 0 Å². The van der Waals surface area contributed by atoms with E-state index in [1.165, 1.54) is 0 Å². The topological polar surface area (TPSA) is 114 Å². The quantitative estimate of drug-likeness (QED) is 0.220. The minimum Gasteiger partial charge on any atom is -0.302 e. The molecule has 0 aliphatic rings. The van der Waals surface area contributed by atoms with Crippen molar-refractivity contribution in [3.63, 3.8) is 0 Å². The Morgan fingerprint density at radius 3 is 2.65 bits per heavy atom. The predicted molar refractivity (Wildman–Crippen MR) is 131 cm³/mol. The number of ketones is 1. The fourth-order valence-corrected chi connectivity index (χ4v) is 4.72. The second-order valence-electron chi connectivity index (χ2n) is 7.45. The van der Waals surface area contributed by atoms with Crippen molar-refractivity contribution >= 4 is 45.4 Å². The lowest BCUT2D eigenvalue weighted by Crippen LogP contribution is -2.14. The summed E-state index contributed by atoms with van der Waals surface area (Å²) in [5.41, 5.74) is 0.680. The number of carbonyl (C=O) groups is 1. The van der Waals surface area contributed by atoms with E-state index in [2.05, 4.69) is 19.9 Å². The molecule has 4 rings (SSSR count). The van der Waals surface area contributed by atoms with Gasteiger partial charge in [0.1, 0.15) is 22.5 Å². The molecule has 0 fully saturated rings. The highest BCUT2D eigenvalue weighted by molar-refractivity contribution is 7.97. The van der Waals surface area contributed by atoms with E-state index >= 15 is 4.39 Å². The van der Waals surface area contributed by atoms with Crippen molar-refractivity contribution in [1.82, 2.24) is 15.2 Å². The molecule has 2 aromatic heterocycles. The number of aromatic amines is 1. The first kappa shape index (κ1) is 24.0. The van der Waals surface area contributed by atoms with Gasteiger partial charge in [0.2, 0.25) is 5.78 Å². The van der Waals surface area contributed by atoms with E-state index < -0.39 is 34.0 Å². The first-order chi connectivity index (χ1) is 16.4. The monoisotopic (exact) mass is 501 g/mol. The molecular formula is C23H21F2N5O2S2. The second kappa shape index (κ2) is 10.4.